The minimum atomic E-state index is -3.66. The molecule has 2 N–H and O–H groups in total. The molecule has 0 aromatic heterocycles. The van der Waals surface area contributed by atoms with Crippen molar-refractivity contribution < 1.29 is 18.0 Å². The van der Waals surface area contributed by atoms with Gasteiger partial charge in [0.2, 0.25) is 11.8 Å². The molecule has 2 amide bonds. The van der Waals surface area contributed by atoms with Crippen LogP contribution < -0.4 is 10.6 Å². The summed E-state index contributed by atoms with van der Waals surface area (Å²) in [5.74, 6) is -0.792. The van der Waals surface area contributed by atoms with Gasteiger partial charge in [-0.1, -0.05) is 24.6 Å². The summed E-state index contributed by atoms with van der Waals surface area (Å²) in [6.45, 7) is 5.81. The van der Waals surface area contributed by atoms with Gasteiger partial charge < -0.3 is 10.6 Å². The molecule has 6 nitrogen and oxygen atoms in total. The molecule has 154 valence electrons. The lowest BCUT2D eigenvalue weighted by molar-refractivity contribution is -0.116. The second kappa shape index (κ2) is 8.59. The van der Waals surface area contributed by atoms with Gasteiger partial charge in [0.25, 0.3) is 0 Å². The lowest BCUT2D eigenvalue weighted by Crippen LogP contribution is -2.18. The topological polar surface area (TPSA) is 92.3 Å². The zero-order valence-corrected chi connectivity index (χ0v) is 18.2. The van der Waals surface area contributed by atoms with E-state index >= 15 is 0 Å². The van der Waals surface area contributed by atoms with Crippen LogP contribution in [0.5, 0.6) is 0 Å². The maximum atomic E-state index is 12.7. The van der Waals surface area contributed by atoms with E-state index in [2.05, 4.69) is 10.6 Å². The molecule has 0 spiro atoms. The fourth-order valence-electron chi connectivity index (χ4n) is 3.14. The van der Waals surface area contributed by atoms with E-state index in [1.165, 1.54) is 23.9 Å². The molecule has 0 saturated heterocycles. The van der Waals surface area contributed by atoms with Crippen molar-refractivity contribution in [3.05, 3.63) is 47.5 Å². The largest absolute Gasteiger partial charge is 0.326 e. The van der Waals surface area contributed by atoms with Gasteiger partial charge in [0.1, 0.15) is 0 Å². The van der Waals surface area contributed by atoms with E-state index < -0.39 is 9.84 Å². The van der Waals surface area contributed by atoms with Crippen molar-refractivity contribution in [3.63, 3.8) is 0 Å². The second-order valence-electron chi connectivity index (χ2n) is 7.27. The summed E-state index contributed by atoms with van der Waals surface area (Å²) in [6, 6.07) is 10.4. The summed E-state index contributed by atoms with van der Waals surface area (Å²) in [4.78, 5) is 25.1. The molecule has 2 aromatic carbocycles. The van der Waals surface area contributed by atoms with Crippen LogP contribution in [0.15, 0.2) is 46.2 Å². The number of amides is 2. The van der Waals surface area contributed by atoms with E-state index in [0.29, 0.717) is 17.8 Å². The van der Waals surface area contributed by atoms with Gasteiger partial charge in [0, 0.05) is 28.7 Å². The van der Waals surface area contributed by atoms with Crippen LogP contribution in [0.1, 0.15) is 30.9 Å². The third-order valence-corrected chi connectivity index (χ3v) is 7.53. The minimum Gasteiger partial charge on any atom is -0.326 e. The van der Waals surface area contributed by atoms with Gasteiger partial charge in [-0.05, 0) is 43.7 Å². The molecule has 29 heavy (non-hydrogen) atoms. The predicted molar refractivity (Wildman–Crippen MR) is 116 cm³/mol. The van der Waals surface area contributed by atoms with E-state index in [4.69, 9.17) is 0 Å². The van der Waals surface area contributed by atoms with Crippen LogP contribution in [0.2, 0.25) is 0 Å². The fraction of sp³-hybridized carbons (Fsp3) is 0.333. The van der Waals surface area contributed by atoms with Crippen molar-refractivity contribution in [1.29, 1.82) is 0 Å². The maximum absolute atomic E-state index is 12.7. The van der Waals surface area contributed by atoms with Crippen LogP contribution in [0.4, 0.5) is 11.4 Å². The molecule has 0 radical (unpaired) electrons. The Morgan fingerprint density at radius 1 is 1.21 bits per heavy atom. The molecule has 0 bridgehead atoms. The number of hydrogen-bond acceptors (Lipinski definition) is 5. The van der Waals surface area contributed by atoms with Crippen molar-refractivity contribution in [3.8, 4) is 0 Å². The van der Waals surface area contributed by atoms with Gasteiger partial charge in [-0.2, -0.15) is 0 Å². The lowest BCUT2D eigenvalue weighted by atomic mass is 10.1. The van der Waals surface area contributed by atoms with E-state index in [-0.39, 0.29) is 34.1 Å². The van der Waals surface area contributed by atoms with Crippen molar-refractivity contribution in [2.24, 2.45) is 0 Å². The molecule has 3 rings (SSSR count). The fourth-order valence-corrected chi connectivity index (χ4v) is 5.45. The van der Waals surface area contributed by atoms with Crippen molar-refractivity contribution in [2.75, 3.05) is 16.4 Å². The summed E-state index contributed by atoms with van der Waals surface area (Å²) in [5.41, 5.74) is 3.20. The molecule has 1 heterocycles. The Morgan fingerprint density at radius 2 is 1.97 bits per heavy atom. The first-order chi connectivity index (χ1) is 13.6. The van der Waals surface area contributed by atoms with Gasteiger partial charge >= 0.3 is 0 Å². The van der Waals surface area contributed by atoms with Gasteiger partial charge in [0.05, 0.1) is 16.3 Å². The van der Waals surface area contributed by atoms with Gasteiger partial charge in [-0.3, -0.25) is 9.59 Å². The number of rotatable bonds is 5. The quantitative estimate of drug-likeness (QED) is 0.747. The number of carbonyl (C=O) groups is 2. The minimum absolute atomic E-state index is 0.103. The number of carbonyl (C=O) groups excluding carboxylic acids is 2. The summed E-state index contributed by atoms with van der Waals surface area (Å²) >= 11 is 1.54. The Bertz CT molecular complexity index is 1060. The second-order valence-corrected chi connectivity index (χ2v) is 10.9. The van der Waals surface area contributed by atoms with Gasteiger partial charge in [0.15, 0.2) is 9.84 Å². The van der Waals surface area contributed by atoms with Crippen LogP contribution in [-0.2, 0) is 19.4 Å². The average Bonchev–Trinajstić information content (AvgIpc) is 2.78. The van der Waals surface area contributed by atoms with Crippen LogP contribution >= 0.6 is 11.8 Å². The monoisotopic (exact) mass is 432 g/mol. The summed E-state index contributed by atoms with van der Waals surface area (Å²) in [5, 5.41) is 5.65. The molecule has 1 aliphatic heterocycles. The average molecular weight is 433 g/mol. The lowest BCUT2D eigenvalue weighted by Gasteiger charge is -2.11. The molecule has 2 aromatic rings. The third kappa shape index (κ3) is 5.39. The van der Waals surface area contributed by atoms with Crippen molar-refractivity contribution in [1.82, 2.24) is 0 Å². The zero-order chi connectivity index (χ0) is 21.2. The molecule has 1 atom stereocenters. The number of fused-ring (bicyclic) bond motifs is 1. The van der Waals surface area contributed by atoms with Crippen molar-refractivity contribution >= 4 is 44.8 Å². The zero-order valence-electron chi connectivity index (χ0n) is 16.6. The Kier molecular flexibility index (Phi) is 6.33. The Morgan fingerprint density at radius 3 is 2.69 bits per heavy atom. The van der Waals surface area contributed by atoms with Crippen LogP contribution in [0.3, 0.4) is 0 Å². The SMILES string of the molecule is Cc1ccc(NC(=O)CCS(=O)(=O)c2ccc3c(c2)NC(=O)C[C@H](C)S3)c(C)c1. The molecule has 8 heteroatoms. The number of sulfone groups is 1. The first-order valence-corrected chi connectivity index (χ1v) is 11.9. The molecular formula is C21H24N2O4S2. The predicted octanol–water partition coefficient (Wildman–Crippen LogP) is 3.93. The standard InChI is InChI=1S/C21H24N2O4S2/c1-13-4-6-17(14(2)10-13)22-20(24)8-9-29(26,27)16-5-7-19-18(12-16)23-21(25)11-15(3)28-19/h4-7,10,12,15H,8-9,11H2,1-3H3,(H,22,24)(H,23,25)/t15-/m0/s1. The smallest absolute Gasteiger partial charge is 0.225 e. The number of hydrogen-bond donors (Lipinski definition) is 2. The molecule has 0 unspecified atom stereocenters. The third-order valence-electron chi connectivity index (χ3n) is 4.64. The Labute approximate surface area is 175 Å². The maximum Gasteiger partial charge on any atom is 0.225 e. The number of nitrogens with one attached hydrogen (secondary N) is 2. The van der Waals surface area contributed by atoms with E-state index in [9.17, 15) is 18.0 Å². The molecule has 0 aliphatic carbocycles. The highest BCUT2D eigenvalue weighted by atomic mass is 32.2. The molecule has 0 fully saturated rings. The normalized spacial score (nSPS) is 16.5. The highest BCUT2D eigenvalue weighted by Gasteiger charge is 2.23. The summed E-state index contributed by atoms with van der Waals surface area (Å²) in [7, 11) is -3.66. The number of aryl methyl sites for hydroxylation is 2. The van der Waals surface area contributed by atoms with E-state index in [0.717, 1.165) is 16.0 Å². The number of thioether (sulfide) groups is 1. The molecular weight excluding hydrogens is 408 g/mol. The van der Waals surface area contributed by atoms with Gasteiger partial charge in [-0.25, -0.2) is 8.42 Å². The van der Waals surface area contributed by atoms with Gasteiger partial charge in [-0.15, -0.1) is 11.8 Å². The van der Waals surface area contributed by atoms with Crippen LogP contribution in [0, 0.1) is 13.8 Å². The molecule has 0 saturated carbocycles. The highest BCUT2D eigenvalue weighted by Crippen LogP contribution is 2.36. The highest BCUT2D eigenvalue weighted by molar-refractivity contribution is 8.00. The summed E-state index contributed by atoms with van der Waals surface area (Å²) in [6.07, 6.45) is 0.227. The first kappa shape index (κ1) is 21.4. The summed E-state index contributed by atoms with van der Waals surface area (Å²) < 4.78 is 25.4. The van der Waals surface area contributed by atoms with Crippen LogP contribution in [-0.4, -0.2) is 31.2 Å². The van der Waals surface area contributed by atoms with Crippen LogP contribution in [0.25, 0.3) is 0 Å². The van der Waals surface area contributed by atoms with E-state index in [1.807, 2.05) is 39.0 Å². The Hall–Kier alpha value is -2.32. The van der Waals surface area contributed by atoms with Crippen molar-refractivity contribution in [2.45, 2.75) is 48.7 Å². The number of anilines is 2. The number of benzene rings is 2. The van der Waals surface area contributed by atoms with E-state index in [1.54, 1.807) is 6.07 Å². The Balaban J connectivity index is 1.69. The molecule has 1 aliphatic rings. The first-order valence-electron chi connectivity index (χ1n) is 9.34.